The van der Waals surface area contributed by atoms with E-state index in [-0.39, 0.29) is 11.4 Å². The zero-order chi connectivity index (χ0) is 23.5. The van der Waals surface area contributed by atoms with Crippen molar-refractivity contribution in [2.45, 2.75) is 0 Å². The lowest BCUT2D eigenvalue weighted by atomic mass is 10.2. The molecule has 0 unspecified atom stereocenters. The maximum absolute atomic E-state index is 14.0. The van der Waals surface area contributed by atoms with E-state index < -0.39 is 23.5 Å². The normalized spacial score (nSPS) is 10.6. The van der Waals surface area contributed by atoms with Crippen molar-refractivity contribution in [3.8, 4) is 0 Å². The monoisotopic (exact) mass is 484 g/mol. The summed E-state index contributed by atoms with van der Waals surface area (Å²) in [6.07, 6.45) is 0. The molecule has 7 nitrogen and oxygen atoms in total. The smallest absolute Gasteiger partial charge is 0.318 e. The van der Waals surface area contributed by atoms with Gasteiger partial charge in [0.25, 0.3) is 5.91 Å². The highest BCUT2D eigenvalue weighted by atomic mass is 35.5. The molecule has 0 spiro atoms. The van der Waals surface area contributed by atoms with Crippen LogP contribution in [0.15, 0.2) is 72.8 Å². The van der Waals surface area contributed by atoms with E-state index in [1.165, 1.54) is 30.3 Å². The van der Waals surface area contributed by atoms with Gasteiger partial charge in [0.15, 0.2) is 0 Å². The van der Waals surface area contributed by atoms with E-state index in [4.69, 9.17) is 23.2 Å². The van der Waals surface area contributed by atoms with Crippen LogP contribution in [0.3, 0.4) is 0 Å². The maximum atomic E-state index is 14.0. The second kappa shape index (κ2) is 9.32. The summed E-state index contributed by atoms with van der Waals surface area (Å²) in [5.74, 6) is -3.35. The van der Waals surface area contributed by atoms with Gasteiger partial charge in [-0.3, -0.25) is 19.8 Å². The third-order valence-electron chi connectivity index (χ3n) is 4.62. The van der Waals surface area contributed by atoms with Crippen molar-refractivity contribution in [2.24, 2.45) is 0 Å². The lowest BCUT2D eigenvalue weighted by molar-refractivity contribution is -0.133. The summed E-state index contributed by atoms with van der Waals surface area (Å²) in [5.41, 5.74) is 3.05. The van der Waals surface area contributed by atoms with Gasteiger partial charge in [-0.1, -0.05) is 41.4 Å². The molecule has 1 heterocycles. The Hall–Kier alpha value is -3.88. The molecule has 166 valence electrons. The van der Waals surface area contributed by atoms with E-state index >= 15 is 0 Å². The molecule has 4 rings (SSSR count). The number of carbonyl (C=O) groups is 3. The Morgan fingerprint density at radius 2 is 1.55 bits per heavy atom. The van der Waals surface area contributed by atoms with Crippen LogP contribution in [0.4, 0.5) is 15.8 Å². The summed E-state index contributed by atoms with van der Waals surface area (Å²) in [7, 11) is 0. The van der Waals surface area contributed by atoms with Crippen molar-refractivity contribution < 1.29 is 18.8 Å². The van der Waals surface area contributed by atoms with Gasteiger partial charge in [-0.2, -0.15) is 0 Å². The minimum atomic E-state index is -1.04. The lowest BCUT2D eigenvalue weighted by Crippen LogP contribution is -2.36. The van der Waals surface area contributed by atoms with E-state index in [0.717, 1.165) is 4.68 Å². The van der Waals surface area contributed by atoms with Crippen LogP contribution in [0, 0.1) is 5.82 Å². The SMILES string of the molecule is O=C(Nc1cccc(Cl)c1)C(=O)Nn1c(C(=O)Nc2ccccc2F)cc2cc(Cl)ccc21. The van der Waals surface area contributed by atoms with Crippen LogP contribution in [0.2, 0.25) is 10.0 Å². The topological polar surface area (TPSA) is 92.2 Å². The van der Waals surface area contributed by atoms with Gasteiger partial charge in [-0.25, -0.2) is 9.07 Å². The summed E-state index contributed by atoms with van der Waals surface area (Å²) >= 11 is 11.9. The van der Waals surface area contributed by atoms with Gasteiger partial charge < -0.3 is 10.6 Å². The van der Waals surface area contributed by atoms with Gasteiger partial charge in [0.2, 0.25) is 0 Å². The number of aromatic nitrogens is 1. The Morgan fingerprint density at radius 3 is 2.30 bits per heavy atom. The Balaban J connectivity index is 1.64. The first kappa shape index (κ1) is 22.3. The minimum absolute atomic E-state index is 0.0395. The number of nitrogens with one attached hydrogen (secondary N) is 3. The molecule has 0 radical (unpaired) electrons. The first-order valence-electron chi connectivity index (χ1n) is 9.56. The molecule has 0 aliphatic rings. The van der Waals surface area contributed by atoms with Crippen LogP contribution in [0.5, 0.6) is 0 Å². The van der Waals surface area contributed by atoms with Crippen LogP contribution in [0.25, 0.3) is 10.9 Å². The van der Waals surface area contributed by atoms with Crippen LogP contribution < -0.4 is 16.1 Å². The third-order valence-corrected chi connectivity index (χ3v) is 5.09. The zero-order valence-electron chi connectivity index (χ0n) is 16.7. The summed E-state index contributed by atoms with van der Waals surface area (Å²) in [6.45, 7) is 0. The minimum Gasteiger partial charge on any atom is -0.318 e. The molecule has 0 fully saturated rings. The van der Waals surface area contributed by atoms with Crippen molar-refractivity contribution in [1.82, 2.24) is 4.68 Å². The van der Waals surface area contributed by atoms with Gasteiger partial charge in [0, 0.05) is 21.1 Å². The predicted molar refractivity (Wildman–Crippen MR) is 126 cm³/mol. The van der Waals surface area contributed by atoms with Crippen molar-refractivity contribution in [1.29, 1.82) is 0 Å². The highest BCUT2D eigenvalue weighted by molar-refractivity contribution is 6.42. The first-order valence-corrected chi connectivity index (χ1v) is 10.3. The summed E-state index contributed by atoms with van der Waals surface area (Å²) in [4.78, 5) is 37.9. The molecule has 4 aromatic rings. The molecule has 0 atom stereocenters. The number of para-hydroxylation sites is 1. The van der Waals surface area contributed by atoms with Crippen LogP contribution in [-0.4, -0.2) is 22.4 Å². The van der Waals surface area contributed by atoms with Crippen molar-refractivity contribution in [3.05, 3.63) is 94.4 Å². The highest BCUT2D eigenvalue weighted by Crippen LogP contribution is 2.24. The molecule has 0 bridgehead atoms. The summed E-state index contributed by atoms with van der Waals surface area (Å²) in [5, 5.41) is 6.20. The number of anilines is 2. The van der Waals surface area contributed by atoms with E-state index in [0.29, 0.717) is 26.6 Å². The number of rotatable bonds is 4. The Morgan fingerprint density at radius 1 is 0.788 bits per heavy atom. The molecule has 1 aromatic heterocycles. The molecule has 33 heavy (non-hydrogen) atoms. The average molecular weight is 485 g/mol. The maximum Gasteiger partial charge on any atom is 0.328 e. The molecule has 3 aromatic carbocycles. The lowest BCUT2D eigenvalue weighted by Gasteiger charge is -2.13. The summed E-state index contributed by atoms with van der Waals surface area (Å²) in [6, 6.07) is 18.1. The fourth-order valence-corrected chi connectivity index (χ4v) is 3.50. The molecule has 0 saturated carbocycles. The standard InChI is InChI=1S/C23H15Cl2FN4O3/c24-14-4-3-5-16(12-14)27-22(32)23(33)29-30-19-9-8-15(25)10-13(19)11-20(30)21(31)28-18-7-2-1-6-17(18)26/h1-12H,(H,27,32)(H,28,31)(H,29,33). The molecule has 0 aliphatic heterocycles. The van der Waals surface area contributed by atoms with Gasteiger partial charge in [0.05, 0.1) is 11.2 Å². The molecular formula is C23H15Cl2FN4O3. The predicted octanol–water partition coefficient (Wildman–Crippen LogP) is 5.05. The van der Waals surface area contributed by atoms with Crippen LogP contribution in [-0.2, 0) is 9.59 Å². The zero-order valence-corrected chi connectivity index (χ0v) is 18.2. The molecular weight excluding hydrogens is 470 g/mol. The van der Waals surface area contributed by atoms with E-state index in [1.807, 2.05) is 0 Å². The van der Waals surface area contributed by atoms with Gasteiger partial charge >= 0.3 is 11.8 Å². The molecule has 10 heteroatoms. The van der Waals surface area contributed by atoms with Crippen LogP contribution >= 0.6 is 23.2 Å². The van der Waals surface area contributed by atoms with Crippen molar-refractivity contribution in [2.75, 3.05) is 16.1 Å². The number of fused-ring (bicyclic) bond motifs is 1. The summed E-state index contributed by atoms with van der Waals surface area (Å²) < 4.78 is 15.1. The third kappa shape index (κ3) is 4.97. The van der Waals surface area contributed by atoms with Crippen LogP contribution in [0.1, 0.15) is 10.5 Å². The molecule has 3 amide bonds. The number of nitrogens with zero attached hydrogens (tertiary/aromatic N) is 1. The van der Waals surface area contributed by atoms with E-state index in [1.54, 1.807) is 42.5 Å². The quantitative estimate of drug-likeness (QED) is 0.354. The number of halogens is 3. The average Bonchev–Trinajstić information content (AvgIpc) is 3.12. The number of hydrogen-bond acceptors (Lipinski definition) is 3. The molecule has 3 N–H and O–H groups in total. The van der Waals surface area contributed by atoms with Crippen molar-refractivity contribution >= 4 is 63.2 Å². The van der Waals surface area contributed by atoms with Gasteiger partial charge in [-0.15, -0.1) is 0 Å². The second-order valence-electron chi connectivity index (χ2n) is 6.91. The van der Waals surface area contributed by atoms with E-state index in [2.05, 4.69) is 16.1 Å². The molecule has 0 aliphatic carbocycles. The number of benzene rings is 3. The number of amides is 3. The fourth-order valence-electron chi connectivity index (χ4n) is 3.13. The number of carbonyl (C=O) groups excluding carboxylic acids is 3. The Labute approximate surface area is 197 Å². The largest absolute Gasteiger partial charge is 0.328 e. The van der Waals surface area contributed by atoms with Gasteiger partial charge in [-0.05, 0) is 54.6 Å². The molecule has 0 saturated heterocycles. The second-order valence-corrected chi connectivity index (χ2v) is 7.78. The Kier molecular flexibility index (Phi) is 6.30. The van der Waals surface area contributed by atoms with E-state index in [9.17, 15) is 18.8 Å². The first-order chi connectivity index (χ1) is 15.8. The fraction of sp³-hybridized carbons (Fsp3) is 0. The van der Waals surface area contributed by atoms with Crippen molar-refractivity contribution in [3.63, 3.8) is 0 Å². The number of hydrogen-bond donors (Lipinski definition) is 3. The Bertz CT molecular complexity index is 1400. The highest BCUT2D eigenvalue weighted by Gasteiger charge is 2.22. The van der Waals surface area contributed by atoms with Gasteiger partial charge in [0.1, 0.15) is 11.5 Å².